The molecule has 0 saturated carbocycles. The summed E-state index contributed by atoms with van der Waals surface area (Å²) in [6.45, 7) is 0. The van der Waals surface area contributed by atoms with Gasteiger partial charge < -0.3 is 15.8 Å². The molecule has 0 amide bonds. The molecule has 0 aliphatic heterocycles. The second-order valence-electron chi connectivity index (χ2n) is 3.75. The number of nitrogens with two attached hydrogens (primary N) is 1. The third kappa shape index (κ3) is 3.77. The summed E-state index contributed by atoms with van der Waals surface area (Å²) in [6.07, 6.45) is -3.31. The molecule has 0 aliphatic rings. The summed E-state index contributed by atoms with van der Waals surface area (Å²) in [5.74, 6) is -0.126. The number of nitrogens with one attached hydrogen (secondary N) is 1. The van der Waals surface area contributed by atoms with Gasteiger partial charge in [0.2, 0.25) is 0 Å². The summed E-state index contributed by atoms with van der Waals surface area (Å²) in [4.78, 5) is 3.95. The molecule has 2 rings (SSSR count). The average Bonchev–Trinajstić information content (AvgIpc) is 2.33. The Labute approximate surface area is 120 Å². The second-order valence-corrected chi connectivity index (χ2v) is 4.67. The van der Waals surface area contributed by atoms with Crippen molar-refractivity contribution in [2.75, 3.05) is 11.1 Å². The SMILES string of the molecule is Nc1cccnc1Nc1ccc(Br)cc1OC(F)(F)F. The summed E-state index contributed by atoms with van der Waals surface area (Å²) in [7, 11) is 0. The van der Waals surface area contributed by atoms with E-state index in [9.17, 15) is 13.2 Å². The Morgan fingerprint density at radius 3 is 2.65 bits per heavy atom. The van der Waals surface area contributed by atoms with Crippen LogP contribution in [0.2, 0.25) is 0 Å². The molecule has 0 spiro atoms. The van der Waals surface area contributed by atoms with Gasteiger partial charge in [-0.25, -0.2) is 4.98 Å². The number of hydrogen-bond acceptors (Lipinski definition) is 4. The van der Waals surface area contributed by atoms with Crippen molar-refractivity contribution in [1.82, 2.24) is 4.98 Å². The fourth-order valence-corrected chi connectivity index (χ4v) is 1.80. The molecule has 0 saturated heterocycles. The lowest BCUT2D eigenvalue weighted by molar-refractivity contribution is -0.274. The highest BCUT2D eigenvalue weighted by molar-refractivity contribution is 9.10. The molecule has 0 unspecified atom stereocenters. The maximum Gasteiger partial charge on any atom is 0.573 e. The molecule has 106 valence electrons. The molecule has 0 fully saturated rings. The first-order chi connectivity index (χ1) is 9.35. The van der Waals surface area contributed by atoms with Crippen molar-refractivity contribution < 1.29 is 17.9 Å². The normalized spacial score (nSPS) is 11.2. The molecule has 0 atom stereocenters. The van der Waals surface area contributed by atoms with Crippen molar-refractivity contribution in [2.45, 2.75) is 6.36 Å². The zero-order chi connectivity index (χ0) is 14.8. The van der Waals surface area contributed by atoms with Gasteiger partial charge >= 0.3 is 6.36 Å². The Morgan fingerprint density at radius 1 is 1.25 bits per heavy atom. The van der Waals surface area contributed by atoms with E-state index in [0.717, 1.165) is 0 Å². The lowest BCUT2D eigenvalue weighted by atomic mass is 10.3. The van der Waals surface area contributed by atoms with E-state index in [-0.39, 0.29) is 17.3 Å². The van der Waals surface area contributed by atoms with E-state index in [0.29, 0.717) is 10.2 Å². The number of aromatic nitrogens is 1. The number of hydrogen-bond donors (Lipinski definition) is 2. The summed E-state index contributed by atoms with van der Waals surface area (Å²) in [5.41, 5.74) is 6.10. The molecule has 1 aromatic carbocycles. The van der Waals surface area contributed by atoms with E-state index in [1.54, 1.807) is 18.2 Å². The van der Waals surface area contributed by atoms with Gasteiger partial charge in [0.1, 0.15) is 0 Å². The van der Waals surface area contributed by atoms with Gasteiger partial charge in [-0.05, 0) is 30.3 Å². The molecular formula is C12H9BrF3N3O. The van der Waals surface area contributed by atoms with Crippen molar-refractivity contribution >= 4 is 33.1 Å². The number of alkyl halides is 3. The third-order valence-electron chi connectivity index (χ3n) is 2.26. The van der Waals surface area contributed by atoms with Crippen LogP contribution in [0.25, 0.3) is 0 Å². The Balaban J connectivity index is 2.34. The molecule has 1 aromatic heterocycles. The summed E-state index contributed by atoms with van der Waals surface area (Å²) >= 11 is 3.09. The average molecular weight is 348 g/mol. The maximum atomic E-state index is 12.4. The van der Waals surface area contributed by atoms with Gasteiger partial charge in [0.15, 0.2) is 11.6 Å². The van der Waals surface area contributed by atoms with Crippen LogP contribution in [0.1, 0.15) is 0 Å². The minimum atomic E-state index is -4.78. The zero-order valence-electron chi connectivity index (χ0n) is 9.91. The first-order valence-electron chi connectivity index (χ1n) is 5.38. The van der Waals surface area contributed by atoms with Crippen molar-refractivity contribution in [3.8, 4) is 5.75 Å². The highest BCUT2D eigenvalue weighted by atomic mass is 79.9. The predicted octanol–water partition coefficient (Wildman–Crippen LogP) is 4.07. The summed E-state index contributed by atoms with van der Waals surface area (Å²) < 4.78 is 41.5. The smallest absolute Gasteiger partial charge is 0.404 e. The molecule has 0 radical (unpaired) electrons. The van der Waals surface area contributed by atoms with E-state index in [1.807, 2.05) is 0 Å². The van der Waals surface area contributed by atoms with Crippen LogP contribution in [-0.4, -0.2) is 11.3 Å². The lowest BCUT2D eigenvalue weighted by Gasteiger charge is -2.15. The molecule has 20 heavy (non-hydrogen) atoms. The lowest BCUT2D eigenvalue weighted by Crippen LogP contribution is -2.18. The van der Waals surface area contributed by atoms with E-state index in [4.69, 9.17) is 5.73 Å². The largest absolute Gasteiger partial charge is 0.573 e. The first-order valence-corrected chi connectivity index (χ1v) is 6.17. The molecule has 4 nitrogen and oxygen atoms in total. The number of nitrogen functional groups attached to an aromatic ring is 1. The van der Waals surface area contributed by atoms with Crippen LogP contribution in [0.5, 0.6) is 5.75 Å². The van der Waals surface area contributed by atoms with E-state index in [1.165, 1.54) is 18.3 Å². The number of rotatable bonds is 3. The summed E-state index contributed by atoms with van der Waals surface area (Å²) in [5, 5.41) is 2.71. The van der Waals surface area contributed by atoms with Gasteiger partial charge in [-0.2, -0.15) is 0 Å². The van der Waals surface area contributed by atoms with Gasteiger partial charge in [-0.1, -0.05) is 15.9 Å². The van der Waals surface area contributed by atoms with Crippen LogP contribution in [0.15, 0.2) is 41.0 Å². The predicted molar refractivity (Wildman–Crippen MR) is 72.8 cm³/mol. The van der Waals surface area contributed by atoms with Crippen molar-refractivity contribution in [3.63, 3.8) is 0 Å². The number of nitrogens with zero attached hydrogens (tertiary/aromatic N) is 1. The minimum Gasteiger partial charge on any atom is -0.404 e. The van der Waals surface area contributed by atoms with Crippen LogP contribution < -0.4 is 15.8 Å². The number of halogens is 4. The van der Waals surface area contributed by atoms with Crippen LogP contribution in [-0.2, 0) is 0 Å². The van der Waals surface area contributed by atoms with Gasteiger partial charge in [0, 0.05) is 10.7 Å². The fraction of sp³-hybridized carbons (Fsp3) is 0.0833. The van der Waals surface area contributed by atoms with E-state index in [2.05, 4.69) is 31.0 Å². The Kier molecular flexibility index (Phi) is 4.03. The topological polar surface area (TPSA) is 60.2 Å². The maximum absolute atomic E-state index is 12.4. The number of benzene rings is 1. The van der Waals surface area contributed by atoms with Crippen LogP contribution in [0, 0.1) is 0 Å². The zero-order valence-corrected chi connectivity index (χ0v) is 11.5. The number of pyridine rings is 1. The molecule has 2 aromatic rings. The van der Waals surface area contributed by atoms with Gasteiger partial charge in [0.05, 0.1) is 11.4 Å². The van der Waals surface area contributed by atoms with Gasteiger partial charge in [-0.15, -0.1) is 13.2 Å². The first kappa shape index (κ1) is 14.4. The van der Waals surface area contributed by atoms with E-state index < -0.39 is 6.36 Å². The highest BCUT2D eigenvalue weighted by Gasteiger charge is 2.32. The Morgan fingerprint density at radius 2 is 2.00 bits per heavy atom. The minimum absolute atomic E-state index is 0.107. The van der Waals surface area contributed by atoms with Crippen LogP contribution in [0.3, 0.4) is 0 Å². The summed E-state index contributed by atoms with van der Waals surface area (Å²) in [6, 6.07) is 7.41. The van der Waals surface area contributed by atoms with Crippen LogP contribution >= 0.6 is 15.9 Å². The Bertz CT molecular complexity index is 619. The second kappa shape index (κ2) is 5.58. The third-order valence-corrected chi connectivity index (χ3v) is 2.75. The molecular weight excluding hydrogens is 339 g/mol. The van der Waals surface area contributed by atoms with E-state index >= 15 is 0 Å². The van der Waals surface area contributed by atoms with Crippen LogP contribution in [0.4, 0.5) is 30.4 Å². The number of ether oxygens (including phenoxy) is 1. The number of anilines is 3. The fourth-order valence-electron chi connectivity index (χ4n) is 1.46. The van der Waals surface area contributed by atoms with Crippen molar-refractivity contribution in [3.05, 3.63) is 41.0 Å². The molecule has 0 bridgehead atoms. The van der Waals surface area contributed by atoms with Gasteiger partial charge in [0.25, 0.3) is 0 Å². The van der Waals surface area contributed by atoms with Gasteiger partial charge in [-0.3, -0.25) is 0 Å². The molecule has 1 heterocycles. The Hall–Kier alpha value is -1.96. The van der Waals surface area contributed by atoms with Crippen molar-refractivity contribution in [1.29, 1.82) is 0 Å². The monoisotopic (exact) mass is 347 g/mol. The highest BCUT2D eigenvalue weighted by Crippen LogP contribution is 2.35. The molecule has 8 heteroatoms. The molecule has 3 N–H and O–H groups in total. The quantitative estimate of drug-likeness (QED) is 0.878. The molecule has 0 aliphatic carbocycles. The standard InChI is InChI=1S/C12H9BrF3N3O/c13-7-3-4-9(10(6-7)20-12(14,15)16)19-11-8(17)2-1-5-18-11/h1-6H,17H2,(H,18,19). The van der Waals surface area contributed by atoms with Crippen molar-refractivity contribution in [2.24, 2.45) is 0 Å².